The van der Waals surface area contributed by atoms with Crippen LogP contribution >= 0.6 is 0 Å². The van der Waals surface area contributed by atoms with E-state index in [1.807, 2.05) is 6.07 Å². The lowest BCUT2D eigenvalue weighted by molar-refractivity contribution is 0.260. The molecule has 1 fully saturated rings. The molecule has 4 nitrogen and oxygen atoms in total. The Labute approximate surface area is 84.4 Å². The van der Waals surface area contributed by atoms with Gasteiger partial charge in [0, 0.05) is 25.0 Å². The van der Waals surface area contributed by atoms with E-state index in [4.69, 9.17) is 0 Å². The second-order valence-electron chi connectivity index (χ2n) is 3.82. The average Bonchev–Trinajstić information content (AvgIpc) is 2.19. The number of aromatic nitrogens is 2. The van der Waals surface area contributed by atoms with E-state index in [2.05, 4.69) is 27.2 Å². The van der Waals surface area contributed by atoms with Crippen molar-refractivity contribution in [2.24, 2.45) is 0 Å². The first kappa shape index (κ1) is 9.40. The number of piperidine rings is 1. The second-order valence-corrected chi connectivity index (χ2v) is 3.82. The topological polar surface area (TPSA) is 41.0 Å². The number of anilines is 1. The van der Waals surface area contributed by atoms with Gasteiger partial charge in [-0.3, -0.25) is 0 Å². The number of hydrogen-bond donors (Lipinski definition) is 1. The first-order valence-electron chi connectivity index (χ1n) is 5.07. The summed E-state index contributed by atoms with van der Waals surface area (Å²) in [5.74, 6) is 0.743. The Kier molecular flexibility index (Phi) is 2.93. The Morgan fingerprint density at radius 3 is 2.93 bits per heavy atom. The Morgan fingerprint density at radius 2 is 2.21 bits per heavy atom. The van der Waals surface area contributed by atoms with Crippen LogP contribution in [0.4, 0.5) is 5.95 Å². The van der Waals surface area contributed by atoms with Gasteiger partial charge in [-0.25, -0.2) is 9.97 Å². The average molecular weight is 192 g/mol. The molecule has 0 aliphatic carbocycles. The molecule has 14 heavy (non-hydrogen) atoms. The summed E-state index contributed by atoms with van der Waals surface area (Å²) in [7, 11) is 2.15. The molecule has 4 heteroatoms. The highest BCUT2D eigenvalue weighted by molar-refractivity contribution is 5.24. The summed E-state index contributed by atoms with van der Waals surface area (Å²) < 4.78 is 0. The van der Waals surface area contributed by atoms with Crippen LogP contribution in [0.1, 0.15) is 12.8 Å². The van der Waals surface area contributed by atoms with Gasteiger partial charge in [-0.2, -0.15) is 0 Å². The van der Waals surface area contributed by atoms with E-state index in [9.17, 15) is 0 Å². The van der Waals surface area contributed by atoms with Crippen molar-refractivity contribution >= 4 is 5.95 Å². The van der Waals surface area contributed by atoms with Crippen molar-refractivity contribution in [2.45, 2.75) is 18.9 Å². The van der Waals surface area contributed by atoms with Gasteiger partial charge in [0.2, 0.25) is 5.95 Å². The second kappa shape index (κ2) is 4.37. The third-order valence-electron chi connectivity index (χ3n) is 2.52. The summed E-state index contributed by atoms with van der Waals surface area (Å²) in [5.41, 5.74) is 0. The Balaban J connectivity index is 1.91. The van der Waals surface area contributed by atoms with Gasteiger partial charge in [0.15, 0.2) is 0 Å². The number of nitrogens with one attached hydrogen (secondary N) is 1. The van der Waals surface area contributed by atoms with Crippen LogP contribution in [0.3, 0.4) is 0 Å². The van der Waals surface area contributed by atoms with Gasteiger partial charge < -0.3 is 10.2 Å². The first-order chi connectivity index (χ1) is 6.84. The molecule has 1 N–H and O–H groups in total. The van der Waals surface area contributed by atoms with Gasteiger partial charge in [0.25, 0.3) is 0 Å². The third-order valence-corrected chi connectivity index (χ3v) is 2.52. The summed E-state index contributed by atoms with van der Waals surface area (Å²) in [6.07, 6.45) is 5.99. The predicted octanol–water partition coefficient (Wildman–Crippen LogP) is 0.983. The molecule has 1 aliphatic rings. The normalized spacial score (nSPS) is 23.4. The number of likely N-dealkylation sites (N-methyl/N-ethyl adjacent to an activating group) is 1. The predicted molar refractivity (Wildman–Crippen MR) is 56.2 cm³/mol. The largest absolute Gasteiger partial charge is 0.350 e. The van der Waals surface area contributed by atoms with Crippen LogP contribution in [0.2, 0.25) is 0 Å². The number of nitrogens with zero attached hydrogens (tertiary/aromatic N) is 3. The highest BCUT2D eigenvalue weighted by atomic mass is 15.2. The van der Waals surface area contributed by atoms with Crippen LogP contribution in [0, 0.1) is 0 Å². The molecule has 0 amide bonds. The summed E-state index contributed by atoms with van der Waals surface area (Å²) in [5, 5.41) is 3.35. The molecule has 1 unspecified atom stereocenters. The molecule has 1 aromatic rings. The lowest BCUT2D eigenvalue weighted by Gasteiger charge is -2.30. The maximum absolute atomic E-state index is 4.16. The van der Waals surface area contributed by atoms with Crippen LogP contribution in [0.15, 0.2) is 18.5 Å². The molecule has 2 rings (SSSR count). The van der Waals surface area contributed by atoms with Crippen LogP contribution in [0.5, 0.6) is 0 Å². The molecule has 1 saturated heterocycles. The van der Waals surface area contributed by atoms with E-state index < -0.39 is 0 Å². The quantitative estimate of drug-likeness (QED) is 0.758. The number of likely N-dealkylation sites (tertiary alicyclic amines) is 1. The van der Waals surface area contributed by atoms with E-state index in [1.54, 1.807) is 12.4 Å². The fraction of sp³-hybridized carbons (Fsp3) is 0.600. The molecular formula is C10H16N4. The van der Waals surface area contributed by atoms with E-state index in [0.717, 1.165) is 12.5 Å². The van der Waals surface area contributed by atoms with Gasteiger partial charge >= 0.3 is 0 Å². The maximum Gasteiger partial charge on any atom is 0.222 e. The van der Waals surface area contributed by atoms with Crippen molar-refractivity contribution in [3.05, 3.63) is 18.5 Å². The molecule has 0 spiro atoms. The minimum absolute atomic E-state index is 0.496. The Hall–Kier alpha value is -1.16. The molecule has 76 valence electrons. The van der Waals surface area contributed by atoms with Gasteiger partial charge in [0.1, 0.15) is 0 Å². The summed E-state index contributed by atoms with van der Waals surface area (Å²) in [4.78, 5) is 10.7. The molecule has 0 bridgehead atoms. The fourth-order valence-corrected chi connectivity index (χ4v) is 1.84. The highest BCUT2D eigenvalue weighted by Crippen LogP contribution is 2.11. The lowest BCUT2D eigenvalue weighted by atomic mass is 10.1. The monoisotopic (exact) mass is 192 g/mol. The maximum atomic E-state index is 4.16. The van der Waals surface area contributed by atoms with Gasteiger partial charge in [-0.1, -0.05) is 0 Å². The Morgan fingerprint density at radius 1 is 1.43 bits per heavy atom. The van der Waals surface area contributed by atoms with Crippen LogP contribution in [0.25, 0.3) is 0 Å². The zero-order valence-corrected chi connectivity index (χ0v) is 8.48. The van der Waals surface area contributed by atoms with Gasteiger partial charge in [0.05, 0.1) is 0 Å². The van der Waals surface area contributed by atoms with E-state index in [0.29, 0.717) is 6.04 Å². The summed E-state index contributed by atoms with van der Waals surface area (Å²) in [6, 6.07) is 2.33. The van der Waals surface area contributed by atoms with Crippen molar-refractivity contribution in [1.29, 1.82) is 0 Å². The van der Waals surface area contributed by atoms with E-state index in [-0.39, 0.29) is 0 Å². The number of hydrogen-bond acceptors (Lipinski definition) is 4. The minimum atomic E-state index is 0.496. The Bertz CT molecular complexity index is 275. The van der Waals surface area contributed by atoms with E-state index in [1.165, 1.54) is 19.4 Å². The van der Waals surface area contributed by atoms with E-state index >= 15 is 0 Å². The van der Waals surface area contributed by atoms with Crippen molar-refractivity contribution in [1.82, 2.24) is 14.9 Å². The molecular weight excluding hydrogens is 176 g/mol. The summed E-state index contributed by atoms with van der Waals surface area (Å²) >= 11 is 0. The fourth-order valence-electron chi connectivity index (χ4n) is 1.84. The van der Waals surface area contributed by atoms with Crippen molar-refractivity contribution in [3.63, 3.8) is 0 Å². The van der Waals surface area contributed by atoms with Crippen LogP contribution in [-0.4, -0.2) is 41.0 Å². The standard InChI is InChI=1S/C10H16N4/c1-14-7-2-4-9(8-14)13-10-11-5-3-6-12-10/h3,5-6,9H,2,4,7-8H2,1H3,(H,11,12,13). The molecule has 0 aromatic carbocycles. The lowest BCUT2D eigenvalue weighted by Crippen LogP contribution is -2.40. The number of rotatable bonds is 2. The zero-order valence-electron chi connectivity index (χ0n) is 8.48. The molecule has 1 aliphatic heterocycles. The van der Waals surface area contributed by atoms with Crippen molar-refractivity contribution in [3.8, 4) is 0 Å². The highest BCUT2D eigenvalue weighted by Gasteiger charge is 2.17. The first-order valence-corrected chi connectivity index (χ1v) is 5.07. The molecule has 1 aromatic heterocycles. The smallest absolute Gasteiger partial charge is 0.222 e. The zero-order chi connectivity index (χ0) is 9.80. The van der Waals surface area contributed by atoms with Gasteiger partial charge in [-0.15, -0.1) is 0 Å². The van der Waals surface area contributed by atoms with Crippen LogP contribution < -0.4 is 5.32 Å². The van der Waals surface area contributed by atoms with Crippen LogP contribution in [-0.2, 0) is 0 Å². The molecule has 0 saturated carbocycles. The summed E-state index contributed by atoms with van der Waals surface area (Å²) in [6.45, 7) is 2.28. The minimum Gasteiger partial charge on any atom is -0.350 e. The van der Waals surface area contributed by atoms with Crippen molar-refractivity contribution < 1.29 is 0 Å². The SMILES string of the molecule is CN1CCCC(Nc2ncccn2)C1. The molecule has 0 radical (unpaired) electrons. The molecule has 2 heterocycles. The third kappa shape index (κ3) is 2.42. The molecule has 1 atom stereocenters. The van der Waals surface area contributed by atoms with Gasteiger partial charge in [-0.05, 0) is 32.5 Å². The van der Waals surface area contributed by atoms with Crippen molar-refractivity contribution in [2.75, 3.05) is 25.5 Å².